The van der Waals surface area contributed by atoms with Crippen molar-refractivity contribution in [2.75, 3.05) is 5.32 Å². The predicted molar refractivity (Wildman–Crippen MR) is 117 cm³/mol. The molecule has 0 aliphatic carbocycles. The first kappa shape index (κ1) is 21.5. The first-order valence-electron chi connectivity index (χ1n) is 8.97. The fourth-order valence-corrected chi connectivity index (χ4v) is 4.32. The van der Waals surface area contributed by atoms with E-state index < -0.39 is 0 Å². The van der Waals surface area contributed by atoms with Gasteiger partial charge in [0.2, 0.25) is 0 Å². The van der Waals surface area contributed by atoms with E-state index in [1.807, 2.05) is 6.92 Å². The molecule has 0 saturated heterocycles. The zero-order chi connectivity index (χ0) is 20.3. The number of aromatic nitrogens is 1. The molecule has 1 aromatic heterocycles. The zero-order valence-corrected chi connectivity index (χ0v) is 18.7. The standard InChI is InChI=1S/C22H24BrClN2O/c1-7-10-17-13(5)25-14(6)18(20(17)24)22(27)26-21-15(8-2)11-12(4)19(23)16(21)9-3/h1,11H,8-10H2,2-6H3,(H,26,27). The van der Waals surface area contributed by atoms with E-state index in [1.165, 1.54) is 0 Å². The highest BCUT2D eigenvalue weighted by atomic mass is 79.9. The van der Waals surface area contributed by atoms with Gasteiger partial charge in [0.15, 0.2) is 0 Å². The highest BCUT2D eigenvalue weighted by Crippen LogP contribution is 2.34. The minimum Gasteiger partial charge on any atom is -0.321 e. The molecule has 0 spiro atoms. The van der Waals surface area contributed by atoms with Crippen molar-refractivity contribution >= 4 is 39.1 Å². The van der Waals surface area contributed by atoms with Gasteiger partial charge in [-0.25, -0.2) is 0 Å². The number of benzene rings is 1. The van der Waals surface area contributed by atoms with Crippen LogP contribution in [0.2, 0.25) is 5.02 Å². The van der Waals surface area contributed by atoms with Crippen LogP contribution < -0.4 is 5.32 Å². The normalized spacial score (nSPS) is 10.6. The van der Waals surface area contributed by atoms with Gasteiger partial charge < -0.3 is 5.32 Å². The van der Waals surface area contributed by atoms with E-state index in [4.69, 9.17) is 18.0 Å². The molecule has 0 bridgehead atoms. The van der Waals surface area contributed by atoms with Gasteiger partial charge in [0.1, 0.15) is 0 Å². The van der Waals surface area contributed by atoms with E-state index in [-0.39, 0.29) is 5.91 Å². The molecule has 5 heteroatoms. The second-order valence-corrected chi connectivity index (χ2v) is 7.68. The quantitative estimate of drug-likeness (QED) is 0.573. The van der Waals surface area contributed by atoms with Crippen molar-refractivity contribution in [1.29, 1.82) is 0 Å². The van der Waals surface area contributed by atoms with Crippen LogP contribution in [0.3, 0.4) is 0 Å². The van der Waals surface area contributed by atoms with E-state index in [9.17, 15) is 4.79 Å². The monoisotopic (exact) mass is 446 g/mol. The molecular formula is C22H24BrClN2O. The van der Waals surface area contributed by atoms with Crippen LogP contribution >= 0.6 is 27.5 Å². The molecule has 0 aliphatic heterocycles. The Morgan fingerprint density at radius 3 is 2.44 bits per heavy atom. The molecule has 142 valence electrons. The molecule has 27 heavy (non-hydrogen) atoms. The number of hydrogen-bond acceptors (Lipinski definition) is 2. The maximum atomic E-state index is 13.2. The summed E-state index contributed by atoms with van der Waals surface area (Å²) in [5.41, 5.74) is 6.64. The van der Waals surface area contributed by atoms with Crippen LogP contribution in [-0.2, 0) is 19.3 Å². The molecule has 2 aromatic rings. The van der Waals surface area contributed by atoms with Crippen LogP contribution in [0.1, 0.15) is 57.8 Å². The predicted octanol–water partition coefficient (Wildman–Crippen LogP) is 5.98. The summed E-state index contributed by atoms with van der Waals surface area (Å²) in [6.07, 6.45) is 7.41. The number of terminal acetylenes is 1. The largest absolute Gasteiger partial charge is 0.321 e. The number of nitrogens with one attached hydrogen (secondary N) is 1. The van der Waals surface area contributed by atoms with Crippen LogP contribution in [0.25, 0.3) is 0 Å². The molecule has 3 nitrogen and oxygen atoms in total. The molecule has 2 rings (SSSR count). The Hall–Kier alpha value is -1.83. The van der Waals surface area contributed by atoms with Gasteiger partial charge in [0, 0.05) is 27.8 Å². The van der Waals surface area contributed by atoms with Crippen molar-refractivity contribution in [3.8, 4) is 12.3 Å². The molecule has 0 radical (unpaired) electrons. The van der Waals surface area contributed by atoms with Crippen molar-refractivity contribution < 1.29 is 4.79 Å². The number of anilines is 1. The van der Waals surface area contributed by atoms with Gasteiger partial charge >= 0.3 is 0 Å². The van der Waals surface area contributed by atoms with Gasteiger partial charge in [-0.1, -0.05) is 47.4 Å². The van der Waals surface area contributed by atoms with Gasteiger partial charge in [-0.3, -0.25) is 9.78 Å². The summed E-state index contributed by atoms with van der Waals surface area (Å²) in [4.78, 5) is 17.6. The first-order chi connectivity index (χ1) is 12.8. The Bertz CT molecular complexity index is 945. The van der Waals surface area contributed by atoms with E-state index in [1.54, 1.807) is 6.92 Å². The molecule has 1 aromatic carbocycles. The summed E-state index contributed by atoms with van der Waals surface area (Å²) in [6, 6.07) is 2.10. The Morgan fingerprint density at radius 2 is 1.89 bits per heavy atom. The van der Waals surface area contributed by atoms with Gasteiger partial charge in [0.05, 0.1) is 16.3 Å². The smallest absolute Gasteiger partial charge is 0.259 e. The molecule has 1 heterocycles. The number of halogens is 2. The van der Waals surface area contributed by atoms with Crippen molar-refractivity contribution in [3.63, 3.8) is 0 Å². The van der Waals surface area contributed by atoms with Gasteiger partial charge in [-0.05, 0) is 50.3 Å². The highest BCUT2D eigenvalue weighted by Gasteiger charge is 2.22. The Kier molecular flexibility index (Phi) is 7.08. The summed E-state index contributed by atoms with van der Waals surface area (Å²) in [6.45, 7) is 9.86. The molecule has 0 fully saturated rings. The lowest BCUT2D eigenvalue weighted by molar-refractivity contribution is 0.102. The highest BCUT2D eigenvalue weighted by molar-refractivity contribution is 9.10. The number of nitrogens with zero attached hydrogens (tertiary/aromatic N) is 1. The summed E-state index contributed by atoms with van der Waals surface area (Å²) in [5, 5.41) is 3.48. The maximum absolute atomic E-state index is 13.2. The Morgan fingerprint density at radius 1 is 1.22 bits per heavy atom. The number of hydrogen-bond donors (Lipinski definition) is 1. The second-order valence-electron chi connectivity index (χ2n) is 6.51. The van der Waals surface area contributed by atoms with Crippen molar-refractivity contribution in [1.82, 2.24) is 4.98 Å². The molecule has 0 aliphatic rings. The molecule has 0 unspecified atom stereocenters. The Labute approximate surface area is 175 Å². The van der Waals surface area contributed by atoms with Crippen LogP contribution in [0, 0.1) is 33.1 Å². The number of aryl methyl sites for hydroxylation is 4. The van der Waals surface area contributed by atoms with Crippen LogP contribution in [-0.4, -0.2) is 10.9 Å². The summed E-state index contributed by atoms with van der Waals surface area (Å²) in [5.74, 6) is 2.33. The van der Waals surface area contributed by atoms with E-state index in [0.717, 1.165) is 50.9 Å². The SMILES string of the molecule is C#CCc1c(C)nc(C)c(C(=O)Nc2c(CC)cc(C)c(Br)c2CC)c1Cl. The lowest BCUT2D eigenvalue weighted by Crippen LogP contribution is -2.19. The lowest BCUT2D eigenvalue weighted by atomic mass is 9.98. The number of pyridine rings is 1. The minimum absolute atomic E-state index is 0.261. The van der Waals surface area contributed by atoms with Crippen molar-refractivity contribution in [2.24, 2.45) is 0 Å². The topological polar surface area (TPSA) is 42.0 Å². The van der Waals surface area contributed by atoms with Crippen molar-refractivity contribution in [3.05, 3.63) is 54.8 Å². The lowest BCUT2D eigenvalue weighted by Gasteiger charge is -2.19. The summed E-state index contributed by atoms with van der Waals surface area (Å²) >= 11 is 10.2. The third-order valence-corrected chi connectivity index (χ3v) is 6.24. The van der Waals surface area contributed by atoms with Gasteiger partial charge in [-0.2, -0.15) is 0 Å². The minimum atomic E-state index is -0.261. The fourth-order valence-electron chi connectivity index (χ4n) is 3.30. The molecule has 0 atom stereocenters. The summed E-state index contributed by atoms with van der Waals surface area (Å²) in [7, 11) is 0. The maximum Gasteiger partial charge on any atom is 0.259 e. The van der Waals surface area contributed by atoms with E-state index in [2.05, 4.69) is 59.0 Å². The number of carbonyl (C=O) groups excluding carboxylic acids is 1. The Balaban J connectivity index is 2.58. The van der Waals surface area contributed by atoms with Crippen LogP contribution in [0.15, 0.2) is 10.5 Å². The average Bonchev–Trinajstić information content (AvgIpc) is 2.61. The summed E-state index contributed by atoms with van der Waals surface area (Å²) < 4.78 is 1.02. The van der Waals surface area contributed by atoms with Crippen LogP contribution in [0.5, 0.6) is 0 Å². The number of rotatable bonds is 5. The zero-order valence-electron chi connectivity index (χ0n) is 16.4. The molecular weight excluding hydrogens is 424 g/mol. The molecule has 0 saturated carbocycles. The van der Waals surface area contributed by atoms with E-state index >= 15 is 0 Å². The average molecular weight is 448 g/mol. The van der Waals surface area contributed by atoms with Gasteiger partial charge in [0.25, 0.3) is 5.91 Å². The third kappa shape index (κ3) is 4.20. The first-order valence-corrected chi connectivity index (χ1v) is 10.1. The molecule has 1 amide bonds. The van der Waals surface area contributed by atoms with Crippen molar-refractivity contribution in [2.45, 2.75) is 53.9 Å². The van der Waals surface area contributed by atoms with E-state index in [0.29, 0.717) is 22.7 Å². The van der Waals surface area contributed by atoms with Crippen LogP contribution in [0.4, 0.5) is 5.69 Å². The fraction of sp³-hybridized carbons (Fsp3) is 0.364. The second kappa shape index (κ2) is 8.91. The third-order valence-electron chi connectivity index (χ3n) is 4.72. The van der Waals surface area contributed by atoms with Gasteiger partial charge in [-0.15, -0.1) is 12.3 Å². The number of amides is 1. The molecule has 1 N–H and O–H groups in total. The number of carbonyl (C=O) groups is 1.